The van der Waals surface area contributed by atoms with Gasteiger partial charge in [-0.15, -0.1) is 0 Å². The van der Waals surface area contributed by atoms with Crippen molar-refractivity contribution in [2.75, 3.05) is 19.3 Å². The Morgan fingerprint density at radius 2 is 2.07 bits per heavy atom. The molecule has 7 nitrogen and oxygen atoms in total. The van der Waals surface area contributed by atoms with Crippen molar-refractivity contribution < 1.29 is 22.3 Å². The highest BCUT2D eigenvalue weighted by Gasteiger charge is 2.31. The largest absolute Gasteiger partial charge is 0.487 e. The van der Waals surface area contributed by atoms with E-state index in [1.807, 2.05) is 6.92 Å². The number of urea groups is 1. The van der Waals surface area contributed by atoms with Gasteiger partial charge in [-0.3, -0.25) is 0 Å². The molecule has 1 aromatic rings. The highest BCUT2D eigenvalue weighted by Crippen LogP contribution is 2.29. The zero-order valence-corrected chi connectivity index (χ0v) is 16.4. The molecule has 1 saturated carbocycles. The van der Waals surface area contributed by atoms with Crippen LogP contribution < -0.4 is 15.4 Å². The summed E-state index contributed by atoms with van der Waals surface area (Å²) in [7, 11) is -3.22. The van der Waals surface area contributed by atoms with Gasteiger partial charge >= 0.3 is 6.03 Å². The summed E-state index contributed by atoms with van der Waals surface area (Å²) in [6.45, 7) is 2.71. The van der Waals surface area contributed by atoms with Crippen molar-refractivity contribution in [2.45, 2.75) is 44.9 Å². The van der Waals surface area contributed by atoms with E-state index in [0.29, 0.717) is 25.1 Å². The average molecular weight is 399 g/mol. The maximum Gasteiger partial charge on any atom is 0.315 e. The molecule has 1 saturated heterocycles. The number of piperidine rings is 1. The minimum atomic E-state index is -3.22. The lowest BCUT2D eigenvalue weighted by molar-refractivity contribution is 0.204. The number of carbonyl (C=O) groups excluding carboxylic acids is 1. The highest BCUT2D eigenvalue weighted by atomic mass is 32.2. The van der Waals surface area contributed by atoms with Crippen molar-refractivity contribution in [2.24, 2.45) is 5.92 Å². The summed E-state index contributed by atoms with van der Waals surface area (Å²) >= 11 is 0. The van der Waals surface area contributed by atoms with Crippen LogP contribution in [0.2, 0.25) is 0 Å². The van der Waals surface area contributed by atoms with Crippen molar-refractivity contribution in [3.05, 3.63) is 29.6 Å². The fraction of sp³-hybridized carbons (Fsp3) is 0.611. The number of sulfonamides is 1. The molecule has 0 radical (unpaired) electrons. The molecule has 2 aliphatic rings. The summed E-state index contributed by atoms with van der Waals surface area (Å²) in [5.41, 5.74) is 0.364. The van der Waals surface area contributed by atoms with E-state index in [4.69, 9.17) is 4.74 Å². The van der Waals surface area contributed by atoms with Gasteiger partial charge in [0.05, 0.1) is 12.4 Å². The summed E-state index contributed by atoms with van der Waals surface area (Å²) in [6, 6.07) is 4.39. The molecule has 1 aliphatic carbocycles. The van der Waals surface area contributed by atoms with Crippen LogP contribution in [0.25, 0.3) is 0 Å². The van der Waals surface area contributed by atoms with Gasteiger partial charge in [0.15, 0.2) is 11.6 Å². The van der Waals surface area contributed by atoms with Gasteiger partial charge < -0.3 is 15.4 Å². The van der Waals surface area contributed by atoms with Gasteiger partial charge in [-0.05, 0) is 31.2 Å². The Morgan fingerprint density at radius 3 is 2.70 bits per heavy atom. The molecule has 1 aromatic carbocycles. The van der Waals surface area contributed by atoms with Crippen LogP contribution in [-0.2, 0) is 16.6 Å². The second kappa shape index (κ2) is 8.02. The SMILES string of the molecule is CC1CN(S(C)(=O)=O)CCC1NC(=O)NCc1cccc(OC2CC2)c1F. The molecule has 2 N–H and O–H groups in total. The van der Waals surface area contributed by atoms with Crippen LogP contribution in [0, 0.1) is 11.7 Å². The number of hydrogen-bond acceptors (Lipinski definition) is 4. The van der Waals surface area contributed by atoms with Crippen molar-refractivity contribution >= 4 is 16.1 Å². The second-order valence-electron chi connectivity index (χ2n) is 7.37. The van der Waals surface area contributed by atoms with E-state index < -0.39 is 21.9 Å². The Morgan fingerprint density at radius 1 is 1.33 bits per heavy atom. The van der Waals surface area contributed by atoms with E-state index in [1.54, 1.807) is 18.2 Å². The molecule has 1 heterocycles. The molecule has 0 spiro atoms. The van der Waals surface area contributed by atoms with E-state index in [2.05, 4.69) is 10.6 Å². The van der Waals surface area contributed by atoms with Gasteiger partial charge in [0, 0.05) is 31.2 Å². The fourth-order valence-electron chi connectivity index (χ4n) is 3.17. The number of halogens is 1. The third-order valence-electron chi connectivity index (χ3n) is 4.95. The molecule has 150 valence electrons. The highest BCUT2D eigenvalue weighted by molar-refractivity contribution is 7.88. The number of benzene rings is 1. The van der Waals surface area contributed by atoms with Gasteiger partial charge in [0.25, 0.3) is 0 Å². The minimum Gasteiger partial charge on any atom is -0.487 e. The summed E-state index contributed by atoms with van der Waals surface area (Å²) in [6.07, 6.45) is 3.72. The number of ether oxygens (including phenoxy) is 1. The molecule has 27 heavy (non-hydrogen) atoms. The number of carbonyl (C=O) groups is 1. The van der Waals surface area contributed by atoms with Crippen LogP contribution in [0.1, 0.15) is 31.7 Å². The lowest BCUT2D eigenvalue weighted by atomic mass is 9.95. The van der Waals surface area contributed by atoms with E-state index >= 15 is 0 Å². The lowest BCUT2D eigenvalue weighted by Gasteiger charge is -2.35. The summed E-state index contributed by atoms with van der Waals surface area (Å²) in [4.78, 5) is 12.2. The van der Waals surface area contributed by atoms with Gasteiger partial charge in [0.1, 0.15) is 0 Å². The van der Waals surface area contributed by atoms with Crippen LogP contribution in [0.3, 0.4) is 0 Å². The van der Waals surface area contributed by atoms with E-state index in [0.717, 1.165) is 12.8 Å². The first-order valence-electron chi connectivity index (χ1n) is 9.17. The number of rotatable bonds is 6. The molecule has 1 aliphatic heterocycles. The normalized spacial score (nSPS) is 23.7. The smallest absolute Gasteiger partial charge is 0.315 e. The Kier molecular flexibility index (Phi) is 5.90. The van der Waals surface area contributed by atoms with Crippen molar-refractivity contribution in [3.8, 4) is 5.75 Å². The number of nitrogens with one attached hydrogen (secondary N) is 2. The molecule has 2 fully saturated rings. The Labute approximate surface area is 159 Å². The van der Waals surface area contributed by atoms with Crippen LogP contribution in [0.15, 0.2) is 18.2 Å². The topological polar surface area (TPSA) is 87.7 Å². The average Bonchev–Trinajstić information content (AvgIpc) is 3.40. The van der Waals surface area contributed by atoms with Crippen molar-refractivity contribution in [3.63, 3.8) is 0 Å². The Bertz CT molecular complexity index is 798. The molecule has 9 heteroatoms. The molecule has 2 atom stereocenters. The number of amides is 2. The molecule has 2 unspecified atom stereocenters. The maximum absolute atomic E-state index is 14.4. The number of nitrogens with zero attached hydrogens (tertiary/aromatic N) is 1. The molecular weight excluding hydrogens is 373 g/mol. The quantitative estimate of drug-likeness (QED) is 0.764. The van der Waals surface area contributed by atoms with Crippen LogP contribution in [-0.4, -0.2) is 50.2 Å². The summed E-state index contributed by atoms with van der Waals surface area (Å²) in [5, 5.41) is 5.53. The van der Waals surface area contributed by atoms with Gasteiger partial charge in [0.2, 0.25) is 10.0 Å². The van der Waals surface area contributed by atoms with Crippen molar-refractivity contribution in [1.82, 2.24) is 14.9 Å². The monoisotopic (exact) mass is 399 g/mol. The zero-order chi connectivity index (χ0) is 19.6. The van der Waals surface area contributed by atoms with Gasteiger partial charge in [-0.2, -0.15) is 0 Å². The van der Waals surface area contributed by atoms with Crippen LogP contribution in [0.4, 0.5) is 9.18 Å². The first-order chi connectivity index (χ1) is 12.7. The van der Waals surface area contributed by atoms with Crippen LogP contribution >= 0.6 is 0 Å². The first-order valence-corrected chi connectivity index (χ1v) is 11.0. The zero-order valence-electron chi connectivity index (χ0n) is 15.6. The molecule has 0 aromatic heterocycles. The fourth-order valence-corrected chi connectivity index (χ4v) is 4.11. The van der Waals surface area contributed by atoms with Gasteiger partial charge in [-0.1, -0.05) is 19.1 Å². The minimum absolute atomic E-state index is 0.00812. The first kappa shape index (κ1) is 19.9. The predicted molar refractivity (Wildman–Crippen MR) is 99.4 cm³/mol. The Hall–Kier alpha value is -1.87. The van der Waals surface area contributed by atoms with E-state index in [-0.39, 0.29) is 30.4 Å². The molecule has 2 amide bonds. The van der Waals surface area contributed by atoms with E-state index in [9.17, 15) is 17.6 Å². The second-order valence-corrected chi connectivity index (χ2v) is 9.35. The third-order valence-corrected chi connectivity index (χ3v) is 6.22. The standard InChI is InChI=1S/C18H26FN3O4S/c1-12-11-22(27(2,24)25)9-8-15(12)21-18(23)20-10-13-4-3-5-16(17(13)19)26-14-6-7-14/h3-5,12,14-15H,6-11H2,1-2H3,(H2,20,21,23). The van der Waals surface area contributed by atoms with Gasteiger partial charge in [-0.25, -0.2) is 21.9 Å². The number of hydrogen-bond donors (Lipinski definition) is 2. The third kappa shape index (κ3) is 5.32. The predicted octanol–water partition coefficient (Wildman–Crippen LogP) is 1.84. The maximum atomic E-state index is 14.4. The molecule has 0 bridgehead atoms. The summed E-state index contributed by atoms with van der Waals surface area (Å²) in [5.74, 6) is -0.232. The molecule has 3 rings (SSSR count). The van der Waals surface area contributed by atoms with Crippen molar-refractivity contribution in [1.29, 1.82) is 0 Å². The van der Waals surface area contributed by atoms with Crippen LogP contribution in [0.5, 0.6) is 5.75 Å². The molecular formula is C18H26FN3O4S. The van der Waals surface area contributed by atoms with E-state index in [1.165, 1.54) is 10.6 Å². The lowest BCUT2D eigenvalue weighted by Crippen LogP contribution is -2.53. The summed E-state index contributed by atoms with van der Waals surface area (Å²) < 4.78 is 44.6. The Balaban J connectivity index is 1.50.